The number of hydrogen-bond donors (Lipinski definition) is 0. The number of aryl methyl sites for hydroxylation is 2. The summed E-state index contributed by atoms with van der Waals surface area (Å²) in [6.07, 6.45) is 2.14. The average Bonchev–Trinajstić information content (AvgIpc) is 3.14. The molecule has 0 saturated carbocycles. The lowest BCUT2D eigenvalue weighted by molar-refractivity contribution is 0.343. The predicted molar refractivity (Wildman–Crippen MR) is 118 cm³/mol. The van der Waals surface area contributed by atoms with E-state index in [1.54, 1.807) is 11.8 Å². The normalized spacial score (nSPS) is 22.9. The maximum absolute atomic E-state index is 12.1. The zero-order valence-electron chi connectivity index (χ0n) is 16.1. The van der Waals surface area contributed by atoms with Gasteiger partial charge in [0.2, 0.25) is 0 Å². The van der Waals surface area contributed by atoms with E-state index in [0.717, 1.165) is 30.3 Å². The molecule has 148 valence electrons. The first-order valence-corrected chi connectivity index (χ1v) is 12.6. The fraction of sp³-hybridized carbons (Fsp3) is 0.409. The van der Waals surface area contributed by atoms with Crippen molar-refractivity contribution in [1.82, 2.24) is 4.90 Å². The molecule has 6 heteroatoms. The summed E-state index contributed by atoms with van der Waals surface area (Å²) in [5.41, 5.74) is 3.79. The van der Waals surface area contributed by atoms with E-state index < -0.39 is 9.84 Å². The summed E-state index contributed by atoms with van der Waals surface area (Å²) in [6, 6.07) is 18.9. The van der Waals surface area contributed by atoms with E-state index in [4.69, 9.17) is 4.99 Å². The Morgan fingerprint density at radius 3 is 2.54 bits per heavy atom. The van der Waals surface area contributed by atoms with Crippen molar-refractivity contribution in [2.75, 3.05) is 17.3 Å². The lowest BCUT2D eigenvalue weighted by atomic mass is 10.1. The van der Waals surface area contributed by atoms with Crippen LogP contribution in [-0.4, -0.2) is 47.8 Å². The summed E-state index contributed by atoms with van der Waals surface area (Å²) in [5, 5.41) is 1.01. The number of thioether (sulfide) groups is 1. The van der Waals surface area contributed by atoms with E-state index in [-0.39, 0.29) is 23.6 Å². The number of sulfone groups is 1. The molecule has 2 aliphatic rings. The number of rotatable bonds is 6. The van der Waals surface area contributed by atoms with Crippen LogP contribution >= 0.6 is 11.8 Å². The zero-order valence-corrected chi connectivity index (χ0v) is 17.8. The van der Waals surface area contributed by atoms with Crippen LogP contribution in [0.15, 0.2) is 59.6 Å². The second-order valence-corrected chi connectivity index (χ2v) is 10.9. The van der Waals surface area contributed by atoms with Crippen LogP contribution in [0, 0.1) is 6.92 Å². The molecule has 0 amide bonds. The highest BCUT2D eigenvalue weighted by Gasteiger charge is 2.46. The fourth-order valence-electron chi connectivity index (χ4n) is 3.87. The van der Waals surface area contributed by atoms with E-state index in [1.165, 1.54) is 16.7 Å². The van der Waals surface area contributed by atoms with Gasteiger partial charge >= 0.3 is 0 Å². The first kappa shape index (κ1) is 19.5. The molecule has 2 atom stereocenters. The SMILES string of the molecule is Cc1ccc(CN2C(SCCCc3ccccc3)=N[C@@H]3CS(=O)(=O)C[C@@H]32)cc1. The smallest absolute Gasteiger partial charge is 0.160 e. The van der Waals surface area contributed by atoms with Crippen LogP contribution < -0.4 is 0 Å². The Morgan fingerprint density at radius 1 is 1.04 bits per heavy atom. The molecule has 0 bridgehead atoms. The second-order valence-electron chi connectivity index (χ2n) is 7.67. The maximum atomic E-state index is 12.1. The molecule has 4 nitrogen and oxygen atoms in total. The van der Waals surface area contributed by atoms with E-state index in [2.05, 4.69) is 60.4 Å². The number of benzene rings is 2. The van der Waals surface area contributed by atoms with Gasteiger partial charge in [0.05, 0.1) is 23.6 Å². The van der Waals surface area contributed by atoms with Crippen LogP contribution in [-0.2, 0) is 22.8 Å². The largest absolute Gasteiger partial charge is 0.341 e. The number of aliphatic imine (C=N–C) groups is 1. The molecular weight excluding hydrogens is 388 g/mol. The first-order chi connectivity index (χ1) is 13.5. The molecule has 4 rings (SSSR count). The number of amidine groups is 1. The highest BCUT2D eigenvalue weighted by molar-refractivity contribution is 8.13. The lowest BCUT2D eigenvalue weighted by Crippen LogP contribution is -2.38. The van der Waals surface area contributed by atoms with Gasteiger partial charge in [-0.05, 0) is 30.9 Å². The minimum Gasteiger partial charge on any atom is -0.341 e. The Kier molecular flexibility index (Phi) is 5.78. The van der Waals surface area contributed by atoms with Crippen molar-refractivity contribution in [2.45, 2.75) is 38.4 Å². The summed E-state index contributed by atoms with van der Waals surface area (Å²) in [6.45, 7) is 2.80. The van der Waals surface area contributed by atoms with Crippen molar-refractivity contribution < 1.29 is 8.42 Å². The van der Waals surface area contributed by atoms with Crippen molar-refractivity contribution >= 4 is 26.8 Å². The summed E-state index contributed by atoms with van der Waals surface area (Å²) in [7, 11) is -2.98. The fourth-order valence-corrected chi connectivity index (χ4v) is 6.79. The van der Waals surface area contributed by atoms with Crippen molar-refractivity contribution in [3.8, 4) is 0 Å². The molecule has 0 spiro atoms. The van der Waals surface area contributed by atoms with Gasteiger partial charge < -0.3 is 4.90 Å². The molecule has 28 heavy (non-hydrogen) atoms. The Balaban J connectivity index is 1.42. The summed E-state index contributed by atoms with van der Waals surface area (Å²) < 4.78 is 24.2. The third-order valence-corrected chi connectivity index (χ3v) is 8.16. The van der Waals surface area contributed by atoms with E-state index in [9.17, 15) is 8.42 Å². The minimum atomic E-state index is -2.98. The molecule has 0 aromatic heterocycles. The van der Waals surface area contributed by atoms with Gasteiger partial charge in [-0.3, -0.25) is 4.99 Å². The quantitative estimate of drug-likeness (QED) is 0.677. The van der Waals surface area contributed by atoms with Gasteiger partial charge in [-0.25, -0.2) is 8.42 Å². The topological polar surface area (TPSA) is 49.7 Å². The van der Waals surface area contributed by atoms with Crippen LogP contribution in [0.4, 0.5) is 0 Å². The van der Waals surface area contributed by atoms with Gasteiger partial charge in [-0.2, -0.15) is 0 Å². The van der Waals surface area contributed by atoms with Gasteiger partial charge in [0.25, 0.3) is 0 Å². The Labute approximate surface area is 172 Å². The number of hydrogen-bond acceptors (Lipinski definition) is 5. The van der Waals surface area contributed by atoms with Gasteiger partial charge in [0, 0.05) is 12.3 Å². The van der Waals surface area contributed by atoms with Crippen LogP contribution in [0.2, 0.25) is 0 Å². The lowest BCUT2D eigenvalue weighted by Gasteiger charge is -2.26. The number of fused-ring (bicyclic) bond motifs is 1. The summed E-state index contributed by atoms with van der Waals surface area (Å²) >= 11 is 1.77. The third-order valence-electron chi connectivity index (χ3n) is 5.37. The Bertz CT molecular complexity index is 940. The van der Waals surface area contributed by atoms with E-state index in [1.807, 2.05) is 6.07 Å². The van der Waals surface area contributed by atoms with Gasteiger partial charge in [-0.15, -0.1) is 0 Å². The van der Waals surface area contributed by atoms with Gasteiger partial charge in [0.1, 0.15) is 0 Å². The third kappa shape index (κ3) is 4.61. The monoisotopic (exact) mass is 414 g/mol. The van der Waals surface area contributed by atoms with Crippen molar-refractivity contribution in [2.24, 2.45) is 4.99 Å². The molecule has 0 aliphatic carbocycles. The zero-order chi connectivity index (χ0) is 19.6. The molecule has 0 N–H and O–H groups in total. The second kappa shape index (κ2) is 8.29. The Morgan fingerprint density at radius 2 is 1.79 bits per heavy atom. The highest BCUT2D eigenvalue weighted by Crippen LogP contribution is 2.32. The Hall–Kier alpha value is -1.79. The molecule has 1 saturated heterocycles. The van der Waals surface area contributed by atoms with Gasteiger partial charge in [-0.1, -0.05) is 71.9 Å². The standard InChI is InChI=1S/C22H26N2O2S2/c1-17-9-11-19(12-10-17)14-24-21-16-28(25,26)15-20(21)23-22(24)27-13-5-8-18-6-3-2-4-7-18/h2-4,6-7,9-12,20-21H,5,8,13-16H2,1H3/t20-,21+/m1/s1. The molecule has 2 aromatic rings. The van der Waals surface area contributed by atoms with Crippen molar-refractivity contribution in [3.05, 3.63) is 71.3 Å². The van der Waals surface area contributed by atoms with E-state index >= 15 is 0 Å². The molecule has 0 radical (unpaired) electrons. The van der Waals surface area contributed by atoms with E-state index in [0.29, 0.717) is 0 Å². The van der Waals surface area contributed by atoms with Crippen molar-refractivity contribution in [1.29, 1.82) is 0 Å². The summed E-state index contributed by atoms with van der Waals surface area (Å²) in [5.74, 6) is 1.40. The molecule has 2 heterocycles. The first-order valence-electron chi connectivity index (χ1n) is 9.77. The van der Waals surface area contributed by atoms with Crippen molar-refractivity contribution in [3.63, 3.8) is 0 Å². The molecular formula is C22H26N2O2S2. The molecule has 0 unspecified atom stereocenters. The predicted octanol–water partition coefficient (Wildman–Crippen LogP) is 3.70. The van der Waals surface area contributed by atoms with Crippen LogP contribution in [0.5, 0.6) is 0 Å². The van der Waals surface area contributed by atoms with Crippen LogP contribution in [0.3, 0.4) is 0 Å². The number of nitrogens with zero attached hydrogens (tertiary/aromatic N) is 2. The molecule has 2 aliphatic heterocycles. The molecule has 1 fully saturated rings. The van der Waals surface area contributed by atoms with Gasteiger partial charge in [0.15, 0.2) is 15.0 Å². The van der Waals surface area contributed by atoms with Crippen LogP contribution in [0.1, 0.15) is 23.1 Å². The maximum Gasteiger partial charge on any atom is 0.160 e. The minimum absolute atomic E-state index is 0.0112. The van der Waals surface area contributed by atoms with Crippen LogP contribution in [0.25, 0.3) is 0 Å². The highest BCUT2D eigenvalue weighted by atomic mass is 32.2. The average molecular weight is 415 g/mol. The molecule has 2 aromatic carbocycles. The summed E-state index contributed by atoms with van der Waals surface area (Å²) in [4.78, 5) is 7.04.